The highest BCUT2D eigenvalue weighted by Crippen LogP contribution is 2.31. The third kappa shape index (κ3) is 2.92. The second-order valence-corrected chi connectivity index (χ2v) is 6.79. The van der Waals surface area contributed by atoms with Crippen LogP contribution in [0.4, 0.5) is 0 Å². The van der Waals surface area contributed by atoms with Crippen LogP contribution in [0.2, 0.25) is 0 Å². The Bertz CT molecular complexity index is 964. The fourth-order valence-electron chi connectivity index (χ4n) is 3.72. The summed E-state index contributed by atoms with van der Waals surface area (Å²) in [7, 11) is 3.52. The Hall–Kier alpha value is -2.88. The van der Waals surface area contributed by atoms with Crippen LogP contribution in [-0.4, -0.2) is 29.9 Å². The maximum atomic E-state index is 13.3. The lowest BCUT2D eigenvalue weighted by Gasteiger charge is -2.20. The van der Waals surface area contributed by atoms with Crippen molar-refractivity contribution in [2.45, 2.75) is 25.8 Å². The number of carbonyl (C=O) groups is 1. The van der Waals surface area contributed by atoms with E-state index in [1.165, 1.54) is 0 Å². The van der Waals surface area contributed by atoms with Gasteiger partial charge in [-0.3, -0.25) is 9.78 Å². The van der Waals surface area contributed by atoms with E-state index in [1.807, 2.05) is 55.6 Å². The normalized spacial score (nSPS) is 12.8. The Morgan fingerprint density at radius 1 is 1.12 bits per heavy atom. The van der Waals surface area contributed by atoms with Crippen LogP contribution in [0.15, 0.2) is 48.5 Å². The average Bonchev–Trinajstić information content (AvgIpc) is 3.14. The van der Waals surface area contributed by atoms with Crippen molar-refractivity contribution in [3.05, 3.63) is 70.9 Å². The first-order valence-electron chi connectivity index (χ1n) is 8.96. The van der Waals surface area contributed by atoms with Crippen LogP contribution in [0.3, 0.4) is 0 Å². The number of rotatable bonds is 4. The van der Waals surface area contributed by atoms with E-state index in [9.17, 15) is 4.79 Å². The highest BCUT2D eigenvalue weighted by atomic mass is 16.5. The number of pyridine rings is 1. The second-order valence-electron chi connectivity index (χ2n) is 6.79. The zero-order valence-corrected chi connectivity index (χ0v) is 15.2. The van der Waals surface area contributed by atoms with Crippen LogP contribution >= 0.6 is 0 Å². The molecule has 0 aliphatic heterocycles. The molecular weight excluding hydrogens is 324 g/mol. The smallest absolute Gasteiger partial charge is 0.254 e. The third-order valence-corrected chi connectivity index (χ3v) is 5.06. The Morgan fingerprint density at radius 3 is 2.65 bits per heavy atom. The predicted molar refractivity (Wildman–Crippen MR) is 103 cm³/mol. The van der Waals surface area contributed by atoms with Gasteiger partial charge in [-0.25, -0.2) is 0 Å². The lowest BCUT2D eigenvalue weighted by Crippen LogP contribution is -2.27. The molecule has 3 aromatic rings. The number of carbonyl (C=O) groups excluding carboxylic acids is 1. The average molecular weight is 346 g/mol. The molecule has 1 aromatic heterocycles. The molecule has 0 saturated heterocycles. The van der Waals surface area contributed by atoms with Crippen molar-refractivity contribution in [2.75, 3.05) is 14.2 Å². The van der Waals surface area contributed by atoms with Crippen LogP contribution in [0.5, 0.6) is 5.75 Å². The van der Waals surface area contributed by atoms with Crippen LogP contribution in [0, 0.1) is 0 Å². The lowest BCUT2D eigenvalue weighted by molar-refractivity contribution is 0.0786. The summed E-state index contributed by atoms with van der Waals surface area (Å²) >= 11 is 0. The molecule has 0 N–H and O–H groups in total. The Labute approximate surface area is 153 Å². The topological polar surface area (TPSA) is 42.4 Å². The number of amides is 1. The van der Waals surface area contributed by atoms with Crippen LogP contribution in [0.25, 0.3) is 10.9 Å². The van der Waals surface area contributed by atoms with E-state index in [1.54, 1.807) is 12.0 Å². The monoisotopic (exact) mass is 346 g/mol. The standard InChI is InChI=1S/C22H22N2O2/c1-24(14-15-10-12-16(26-2)13-11-15)22(25)21-17-6-3-4-8-19(17)23-20-9-5-7-18(20)21/h3-4,6,8,10-13H,5,7,9,14H2,1-2H3. The zero-order chi connectivity index (χ0) is 18.1. The number of benzene rings is 2. The number of nitrogens with zero attached hydrogens (tertiary/aromatic N) is 2. The molecule has 1 amide bonds. The van der Waals surface area contributed by atoms with Gasteiger partial charge in [0.1, 0.15) is 5.75 Å². The van der Waals surface area contributed by atoms with E-state index in [2.05, 4.69) is 0 Å². The van der Waals surface area contributed by atoms with Crippen molar-refractivity contribution in [1.29, 1.82) is 0 Å². The fraction of sp³-hybridized carbons (Fsp3) is 0.273. The summed E-state index contributed by atoms with van der Waals surface area (Å²) in [6.45, 7) is 0.564. The van der Waals surface area contributed by atoms with Gasteiger partial charge in [0, 0.05) is 24.7 Å². The van der Waals surface area contributed by atoms with Crippen LogP contribution < -0.4 is 4.74 Å². The van der Waals surface area contributed by atoms with E-state index in [4.69, 9.17) is 9.72 Å². The van der Waals surface area contributed by atoms with Crippen molar-refractivity contribution >= 4 is 16.8 Å². The number of hydrogen-bond donors (Lipinski definition) is 0. The number of methoxy groups -OCH3 is 1. The van der Waals surface area contributed by atoms with Gasteiger partial charge in [0.2, 0.25) is 0 Å². The van der Waals surface area contributed by atoms with E-state index in [0.29, 0.717) is 6.54 Å². The van der Waals surface area contributed by atoms with Crippen molar-refractivity contribution in [3.63, 3.8) is 0 Å². The number of fused-ring (bicyclic) bond motifs is 2. The number of ether oxygens (including phenoxy) is 1. The molecule has 0 bridgehead atoms. The molecule has 1 aliphatic carbocycles. The number of aryl methyl sites for hydroxylation is 1. The van der Waals surface area contributed by atoms with Gasteiger partial charge in [-0.15, -0.1) is 0 Å². The molecule has 0 unspecified atom stereocenters. The van der Waals surface area contributed by atoms with Gasteiger partial charge < -0.3 is 9.64 Å². The summed E-state index contributed by atoms with van der Waals surface area (Å²) in [5.74, 6) is 0.887. The maximum absolute atomic E-state index is 13.3. The van der Waals surface area contributed by atoms with Gasteiger partial charge in [-0.05, 0) is 48.6 Å². The Morgan fingerprint density at radius 2 is 1.88 bits per heavy atom. The molecule has 2 aromatic carbocycles. The highest BCUT2D eigenvalue weighted by molar-refractivity contribution is 6.07. The quantitative estimate of drug-likeness (QED) is 0.717. The first-order valence-corrected chi connectivity index (χ1v) is 8.96. The third-order valence-electron chi connectivity index (χ3n) is 5.06. The number of aromatic nitrogens is 1. The van der Waals surface area contributed by atoms with Gasteiger partial charge in [0.05, 0.1) is 18.2 Å². The van der Waals surface area contributed by atoms with Crippen molar-refractivity contribution < 1.29 is 9.53 Å². The summed E-state index contributed by atoms with van der Waals surface area (Å²) in [6, 6.07) is 15.8. The lowest BCUT2D eigenvalue weighted by atomic mass is 10.00. The summed E-state index contributed by atoms with van der Waals surface area (Å²) in [4.78, 5) is 19.9. The van der Waals surface area contributed by atoms with Gasteiger partial charge in [0.25, 0.3) is 5.91 Å². The molecule has 0 radical (unpaired) electrons. The van der Waals surface area contributed by atoms with Crippen molar-refractivity contribution in [2.24, 2.45) is 0 Å². The summed E-state index contributed by atoms with van der Waals surface area (Å²) < 4.78 is 5.20. The van der Waals surface area contributed by atoms with Crippen molar-refractivity contribution in [3.8, 4) is 5.75 Å². The maximum Gasteiger partial charge on any atom is 0.254 e. The van der Waals surface area contributed by atoms with Crippen LogP contribution in [-0.2, 0) is 19.4 Å². The molecular formula is C22H22N2O2. The molecule has 132 valence electrons. The van der Waals surface area contributed by atoms with Gasteiger partial charge in [-0.1, -0.05) is 30.3 Å². The molecule has 4 rings (SSSR count). The van der Waals surface area contributed by atoms with Gasteiger partial charge in [0.15, 0.2) is 0 Å². The molecule has 1 aliphatic rings. The highest BCUT2D eigenvalue weighted by Gasteiger charge is 2.25. The minimum Gasteiger partial charge on any atom is -0.497 e. The molecule has 4 nitrogen and oxygen atoms in total. The first-order chi connectivity index (χ1) is 12.7. The minimum absolute atomic E-state index is 0.0672. The van der Waals surface area contributed by atoms with Gasteiger partial charge >= 0.3 is 0 Å². The van der Waals surface area contributed by atoms with Crippen LogP contribution in [0.1, 0.15) is 33.6 Å². The summed E-state index contributed by atoms with van der Waals surface area (Å²) in [5, 5.41) is 0.958. The van der Waals surface area contributed by atoms with Gasteiger partial charge in [-0.2, -0.15) is 0 Å². The fourth-order valence-corrected chi connectivity index (χ4v) is 3.72. The SMILES string of the molecule is COc1ccc(CN(C)C(=O)c2c3c(nc4ccccc24)CCC3)cc1. The molecule has 1 heterocycles. The molecule has 0 saturated carbocycles. The molecule has 0 atom stereocenters. The molecule has 26 heavy (non-hydrogen) atoms. The first kappa shape index (κ1) is 16.6. The largest absolute Gasteiger partial charge is 0.497 e. The van der Waals surface area contributed by atoms with Crippen molar-refractivity contribution in [1.82, 2.24) is 9.88 Å². The molecule has 0 fully saturated rings. The molecule has 4 heteroatoms. The minimum atomic E-state index is 0.0672. The number of hydrogen-bond acceptors (Lipinski definition) is 3. The van der Waals surface area contributed by atoms with E-state index in [-0.39, 0.29) is 5.91 Å². The number of para-hydroxylation sites is 1. The summed E-state index contributed by atoms with van der Waals surface area (Å²) in [5.41, 5.74) is 5.05. The predicted octanol–water partition coefficient (Wildman–Crippen LogP) is 4.00. The zero-order valence-electron chi connectivity index (χ0n) is 15.2. The van der Waals surface area contributed by atoms with E-state index in [0.717, 1.165) is 58.3 Å². The Balaban J connectivity index is 1.69. The second kappa shape index (κ2) is 6.79. The summed E-state index contributed by atoms with van der Waals surface area (Å²) in [6.07, 6.45) is 2.97. The Kier molecular flexibility index (Phi) is 4.33. The van der Waals surface area contributed by atoms with E-state index < -0.39 is 0 Å². The molecule has 0 spiro atoms. The van der Waals surface area contributed by atoms with E-state index >= 15 is 0 Å².